The van der Waals surface area contributed by atoms with Crippen LogP contribution in [0, 0.1) is 29.4 Å². The molecule has 0 saturated carbocycles. The van der Waals surface area contributed by atoms with Crippen LogP contribution in [0.4, 0.5) is 14.5 Å². The molecule has 3 rings (SSSR count). The van der Waals surface area contributed by atoms with Crippen LogP contribution in [0.25, 0.3) is 0 Å². The quantitative estimate of drug-likeness (QED) is 0.482. The van der Waals surface area contributed by atoms with Gasteiger partial charge in [-0.25, -0.2) is 8.78 Å². The molecule has 28 heavy (non-hydrogen) atoms. The van der Waals surface area contributed by atoms with Crippen LogP contribution >= 0.6 is 0 Å². The molecule has 3 unspecified atom stereocenters. The van der Waals surface area contributed by atoms with Crippen molar-refractivity contribution in [3.63, 3.8) is 0 Å². The lowest BCUT2D eigenvalue weighted by molar-refractivity contribution is -0.145. The molecule has 0 radical (unpaired) electrons. The summed E-state index contributed by atoms with van der Waals surface area (Å²) in [6, 6.07) is 4.04. The first kappa shape index (κ1) is 20.4. The van der Waals surface area contributed by atoms with Crippen molar-refractivity contribution >= 4 is 17.6 Å². The molecule has 8 heteroatoms. The second-order valence-electron chi connectivity index (χ2n) is 7.64. The number of likely N-dealkylation sites (tertiary alicyclic amines) is 1. The van der Waals surface area contributed by atoms with E-state index in [9.17, 15) is 13.6 Å². The van der Waals surface area contributed by atoms with Crippen LogP contribution in [-0.4, -0.2) is 63.7 Å². The highest BCUT2D eigenvalue weighted by atomic mass is 19.2. The molecule has 1 N–H and O–H groups in total. The van der Waals surface area contributed by atoms with Crippen molar-refractivity contribution in [1.29, 1.82) is 0 Å². The monoisotopic (exact) mass is 394 g/mol. The number of rotatable bonds is 4. The van der Waals surface area contributed by atoms with Gasteiger partial charge in [-0.2, -0.15) is 0 Å². The normalized spacial score (nSPS) is 25.3. The van der Waals surface area contributed by atoms with Crippen molar-refractivity contribution in [3.05, 3.63) is 29.8 Å². The lowest BCUT2D eigenvalue weighted by atomic mass is 9.99. The molecule has 0 aromatic heterocycles. The average Bonchev–Trinajstić information content (AvgIpc) is 3.31. The Morgan fingerprint density at radius 3 is 2.75 bits per heavy atom. The van der Waals surface area contributed by atoms with Crippen LogP contribution in [0.2, 0.25) is 0 Å². The number of carbonyl (C=O) groups excluding carboxylic acids is 1. The van der Waals surface area contributed by atoms with Crippen molar-refractivity contribution < 1.29 is 18.3 Å². The number of ether oxygens (including phenoxy) is 1. The molecule has 0 amide bonds. The van der Waals surface area contributed by atoms with E-state index < -0.39 is 11.6 Å². The fraction of sp³-hybridized carbons (Fsp3) is 0.600. The Hall–Kier alpha value is -2.38. The first-order chi connectivity index (χ1) is 13.4. The molecular weight excluding hydrogens is 366 g/mol. The van der Waals surface area contributed by atoms with Gasteiger partial charge in [-0.05, 0) is 30.4 Å². The number of methoxy groups -OCH3 is 1. The third-order valence-electron chi connectivity index (χ3n) is 5.73. The number of anilines is 1. The van der Waals surface area contributed by atoms with Crippen molar-refractivity contribution in [2.45, 2.75) is 13.3 Å². The summed E-state index contributed by atoms with van der Waals surface area (Å²) in [5.41, 5.74) is 0.708. The van der Waals surface area contributed by atoms with E-state index in [2.05, 4.69) is 20.1 Å². The maximum absolute atomic E-state index is 13.5. The van der Waals surface area contributed by atoms with Crippen molar-refractivity contribution in [2.24, 2.45) is 22.7 Å². The number of halogens is 2. The van der Waals surface area contributed by atoms with E-state index in [4.69, 9.17) is 4.74 Å². The minimum atomic E-state index is -0.824. The number of nitrogens with one attached hydrogen (secondary N) is 1. The van der Waals surface area contributed by atoms with Crippen molar-refractivity contribution in [1.82, 2.24) is 10.2 Å². The van der Waals surface area contributed by atoms with Gasteiger partial charge in [0.05, 0.1) is 13.0 Å². The SMILES string of the molecule is CN=C(NCC1CCN(c2ccc(F)c(F)c2)C1)N1CC(C)C(C(=O)OC)C1. The molecule has 1 aromatic rings. The third-order valence-corrected chi connectivity index (χ3v) is 5.73. The van der Waals surface area contributed by atoms with Gasteiger partial charge in [0.15, 0.2) is 17.6 Å². The van der Waals surface area contributed by atoms with Gasteiger partial charge in [0.2, 0.25) is 0 Å². The van der Waals surface area contributed by atoms with Gasteiger partial charge in [0.25, 0.3) is 0 Å². The molecule has 1 aromatic carbocycles. The Balaban J connectivity index is 1.52. The number of guanidine groups is 1. The minimum absolute atomic E-state index is 0.140. The van der Waals surface area contributed by atoms with Gasteiger partial charge in [0.1, 0.15) is 0 Å². The Morgan fingerprint density at radius 1 is 1.29 bits per heavy atom. The second-order valence-corrected chi connectivity index (χ2v) is 7.64. The Morgan fingerprint density at radius 2 is 2.07 bits per heavy atom. The number of hydrogen-bond acceptors (Lipinski definition) is 4. The number of esters is 1. The standard InChI is InChI=1S/C20H28F2N4O2/c1-13-10-26(12-16(13)19(27)28-3)20(23-2)24-9-14-6-7-25(11-14)15-4-5-17(21)18(22)8-15/h4-5,8,13-14,16H,6-7,9-12H2,1-3H3,(H,23,24). The maximum atomic E-state index is 13.5. The Kier molecular flexibility index (Phi) is 6.36. The largest absolute Gasteiger partial charge is 0.469 e. The molecule has 0 aliphatic carbocycles. The summed E-state index contributed by atoms with van der Waals surface area (Å²) < 4.78 is 31.5. The summed E-state index contributed by atoms with van der Waals surface area (Å²) in [6.07, 6.45) is 0.962. The first-order valence-electron chi connectivity index (χ1n) is 9.66. The summed E-state index contributed by atoms with van der Waals surface area (Å²) in [5.74, 6) is -0.590. The topological polar surface area (TPSA) is 57.2 Å². The van der Waals surface area contributed by atoms with Gasteiger partial charge in [-0.1, -0.05) is 6.92 Å². The summed E-state index contributed by atoms with van der Waals surface area (Å²) in [7, 11) is 3.16. The predicted octanol–water partition coefficient (Wildman–Crippen LogP) is 2.11. The van der Waals surface area contributed by atoms with Crippen LogP contribution in [-0.2, 0) is 9.53 Å². The molecule has 0 bridgehead atoms. The summed E-state index contributed by atoms with van der Waals surface area (Å²) >= 11 is 0. The fourth-order valence-corrected chi connectivity index (χ4v) is 4.08. The zero-order valence-corrected chi connectivity index (χ0v) is 16.6. The molecule has 0 spiro atoms. The van der Waals surface area contributed by atoms with Crippen LogP contribution in [0.1, 0.15) is 13.3 Å². The molecular formula is C20H28F2N4O2. The van der Waals surface area contributed by atoms with E-state index in [1.807, 2.05) is 6.92 Å². The van der Waals surface area contributed by atoms with Gasteiger partial charge in [0, 0.05) is 51.5 Å². The first-order valence-corrected chi connectivity index (χ1v) is 9.66. The number of benzene rings is 1. The molecule has 2 fully saturated rings. The highest BCUT2D eigenvalue weighted by Gasteiger charge is 2.37. The van der Waals surface area contributed by atoms with E-state index in [1.165, 1.54) is 19.2 Å². The highest BCUT2D eigenvalue weighted by Crippen LogP contribution is 2.26. The van der Waals surface area contributed by atoms with Gasteiger partial charge in [-0.15, -0.1) is 0 Å². The molecule has 2 aliphatic rings. The van der Waals surface area contributed by atoms with E-state index in [0.29, 0.717) is 18.2 Å². The molecule has 154 valence electrons. The van der Waals surface area contributed by atoms with Crippen LogP contribution in [0.15, 0.2) is 23.2 Å². The van der Waals surface area contributed by atoms with Crippen molar-refractivity contribution in [3.8, 4) is 0 Å². The number of nitrogens with zero attached hydrogens (tertiary/aromatic N) is 3. The van der Waals surface area contributed by atoms with E-state index in [-0.39, 0.29) is 17.8 Å². The zero-order valence-electron chi connectivity index (χ0n) is 16.6. The molecule has 2 heterocycles. The Bertz CT molecular complexity index is 743. The fourth-order valence-electron chi connectivity index (χ4n) is 4.08. The maximum Gasteiger partial charge on any atom is 0.310 e. The van der Waals surface area contributed by atoms with Gasteiger partial charge >= 0.3 is 5.97 Å². The van der Waals surface area contributed by atoms with E-state index >= 15 is 0 Å². The molecule has 2 saturated heterocycles. The lowest BCUT2D eigenvalue weighted by Crippen LogP contribution is -2.42. The zero-order chi connectivity index (χ0) is 20.3. The molecule has 6 nitrogen and oxygen atoms in total. The van der Waals surface area contributed by atoms with Crippen LogP contribution in [0.3, 0.4) is 0 Å². The van der Waals surface area contributed by atoms with E-state index in [0.717, 1.165) is 38.6 Å². The number of aliphatic imine (C=N–C) groups is 1. The van der Waals surface area contributed by atoms with Gasteiger partial charge < -0.3 is 19.9 Å². The van der Waals surface area contributed by atoms with Crippen LogP contribution < -0.4 is 10.2 Å². The lowest BCUT2D eigenvalue weighted by Gasteiger charge is -2.23. The number of hydrogen-bond donors (Lipinski definition) is 1. The number of carbonyl (C=O) groups is 1. The summed E-state index contributed by atoms with van der Waals surface area (Å²) in [5, 5.41) is 3.41. The highest BCUT2D eigenvalue weighted by molar-refractivity contribution is 5.82. The predicted molar refractivity (Wildman–Crippen MR) is 104 cm³/mol. The van der Waals surface area contributed by atoms with E-state index in [1.54, 1.807) is 13.1 Å². The average molecular weight is 394 g/mol. The van der Waals surface area contributed by atoms with Crippen molar-refractivity contribution in [2.75, 3.05) is 51.8 Å². The van der Waals surface area contributed by atoms with Crippen LogP contribution in [0.5, 0.6) is 0 Å². The minimum Gasteiger partial charge on any atom is -0.469 e. The second kappa shape index (κ2) is 8.75. The summed E-state index contributed by atoms with van der Waals surface area (Å²) in [6.45, 7) is 5.72. The molecule has 3 atom stereocenters. The smallest absolute Gasteiger partial charge is 0.310 e. The molecule has 2 aliphatic heterocycles. The Labute approximate surface area is 164 Å². The van der Waals surface area contributed by atoms with Gasteiger partial charge in [-0.3, -0.25) is 9.79 Å². The summed E-state index contributed by atoms with van der Waals surface area (Å²) in [4.78, 5) is 20.4. The third kappa shape index (κ3) is 4.36.